The fraction of sp³-hybridized carbons (Fsp3) is 0.150. The first-order valence-corrected chi connectivity index (χ1v) is 8.39. The molecule has 1 atom stereocenters. The Morgan fingerprint density at radius 1 is 1.12 bits per heavy atom. The Hall–Kier alpha value is -3.12. The Morgan fingerprint density at radius 3 is 2.81 bits per heavy atom. The van der Waals surface area contributed by atoms with E-state index in [-0.39, 0.29) is 11.9 Å². The van der Waals surface area contributed by atoms with Crippen LogP contribution in [-0.4, -0.2) is 19.7 Å². The quantitative estimate of drug-likeness (QED) is 0.613. The minimum Gasteiger partial charge on any atom is -0.322 e. The van der Waals surface area contributed by atoms with E-state index in [1.165, 1.54) is 6.07 Å². The molecule has 2 N–H and O–H groups in total. The fourth-order valence-corrected chi connectivity index (χ4v) is 3.07. The highest BCUT2D eigenvalue weighted by molar-refractivity contribution is 5.80. The van der Waals surface area contributed by atoms with Crippen LogP contribution in [0.25, 0.3) is 16.6 Å². The van der Waals surface area contributed by atoms with Crippen molar-refractivity contribution in [3.63, 3.8) is 0 Å². The molecule has 0 aliphatic heterocycles. The molecule has 0 fully saturated rings. The number of fused-ring (bicyclic) bond motifs is 1. The Labute approximate surface area is 150 Å². The van der Waals surface area contributed by atoms with E-state index in [2.05, 4.69) is 15.1 Å². The van der Waals surface area contributed by atoms with Crippen molar-refractivity contribution in [2.45, 2.75) is 19.4 Å². The van der Waals surface area contributed by atoms with Gasteiger partial charge in [0.15, 0.2) is 0 Å². The standard InChI is InChI=1S/C20H18FN5/c1-13-16(21)9-8-15(25-13)11-17(22)20-19(7-4-10-23-20)26-18-6-3-2-5-14(18)12-24-26/h2-10,12,17H,11,22H2,1H3. The van der Waals surface area contributed by atoms with Gasteiger partial charge in [-0.3, -0.25) is 9.97 Å². The van der Waals surface area contributed by atoms with Gasteiger partial charge in [0.05, 0.1) is 34.8 Å². The smallest absolute Gasteiger partial charge is 0.144 e. The van der Waals surface area contributed by atoms with Crippen LogP contribution in [0.15, 0.2) is 60.9 Å². The minimum atomic E-state index is -0.383. The molecule has 0 saturated carbocycles. The zero-order chi connectivity index (χ0) is 18.1. The molecule has 4 aromatic rings. The number of pyridine rings is 2. The number of aromatic nitrogens is 4. The number of halogens is 1. The lowest BCUT2D eigenvalue weighted by molar-refractivity contribution is 0.601. The lowest BCUT2D eigenvalue weighted by Gasteiger charge is -2.16. The van der Waals surface area contributed by atoms with Gasteiger partial charge in [0.1, 0.15) is 5.82 Å². The normalized spacial score (nSPS) is 12.4. The van der Waals surface area contributed by atoms with Gasteiger partial charge in [-0.25, -0.2) is 9.07 Å². The Morgan fingerprint density at radius 2 is 1.96 bits per heavy atom. The second-order valence-corrected chi connectivity index (χ2v) is 6.20. The van der Waals surface area contributed by atoms with E-state index in [1.807, 2.05) is 47.3 Å². The third-order valence-corrected chi connectivity index (χ3v) is 4.38. The number of nitrogens with zero attached hydrogens (tertiary/aromatic N) is 4. The molecule has 1 aromatic carbocycles. The third-order valence-electron chi connectivity index (χ3n) is 4.38. The van der Waals surface area contributed by atoms with Crippen molar-refractivity contribution in [3.05, 3.63) is 83.8 Å². The van der Waals surface area contributed by atoms with Crippen molar-refractivity contribution < 1.29 is 4.39 Å². The van der Waals surface area contributed by atoms with E-state index in [4.69, 9.17) is 5.73 Å². The molecule has 0 radical (unpaired) electrons. The summed E-state index contributed by atoms with van der Waals surface area (Å²) >= 11 is 0. The Bertz CT molecular complexity index is 1070. The van der Waals surface area contributed by atoms with Crippen LogP contribution < -0.4 is 5.73 Å². The number of benzene rings is 1. The van der Waals surface area contributed by atoms with Crippen LogP contribution in [-0.2, 0) is 6.42 Å². The number of nitrogens with two attached hydrogens (primary N) is 1. The average molecular weight is 347 g/mol. The topological polar surface area (TPSA) is 69.6 Å². The summed E-state index contributed by atoms with van der Waals surface area (Å²) in [5, 5.41) is 5.55. The summed E-state index contributed by atoms with van der Waals surface area (Å²) in [5.74, 6) is -0.316. The zero-order valence-electron chi connectivity index (χ0n) is 14.3. The lowest BCUT2D eigenvalue weighted by Crippen LogP contribution is -2.19. The first kappa shape index (κ1) is 16.4. The van der Waals surface area contributed by atoms with Crippen LogP contribution in [0, 0.1) is 12.7 Å². The predicted molar refractivity (Wildman–Crippen MR) is 98.4 cm³/mol. The number of para-hydroxylation sites is 1. The molecule has 0 amide bonds. The van der Waals surface area contributed by atoms with Gasteiger partial charge in [0.2, 0.25) is 0 Å². The van der Waals surface area contributed by atoms with E-state index >= 15 is 0 Å². The maximum absolute atomic E-state index is 13.4. The van der Waals surface area contributed by atoms with Gasteiger partial charge in [-0.1, -0.05) is 18.2 Å². The number of hydrogen-bond acceptors (Lipinski definition) is 4. The fourth-order valence-electron chi connectivity index (χ4n) is 3.07. The lowest BCUT2D eigenvalue weighted by atomic mass is 10.1. The Balaban J connectivity index is 1.72. The second kappa shape index (κ2) is 6.65. The van der Waals surface area contributed by atoms with E-state index in [9.17, 15) is 4.39 Å². The van der Waals surface area contributed by atoms with Gasteiger partial charge in [-0.2, -0.15) is 5.10 Å². The number of hydrogen-bond donors (Lipinski definition) is 1. The minimum absolute atomic E-state index is 0.316. The average Bonchev–Trinajstić information content (AvgIpc) is 3.09. The van der Waals surface area contributed by atoms with E-state index in [0.717, 1.165) is 28.0 Å². The molecule has 0 bridgehead atoms. The number of rotatable bonds is 4. The van der Waals surface area contributed by atoms with Crippen molar-refractivity contribution in [2.24, 2.45) is 5.73 Å². The highest BCUT2D eigenvalue weighted by Crippen LogP contribution is 2.24. The van der Waals surface area contributed by atoms with Crippen LogP contribution in [0.3, 0.4) is 0 Å². The van der Waals surface area contributed by atoms with Crippen molar-refractivity contribution in [1.82, 2.24) is 19.7 Å². The molecule has 0 aliphatic rings. The second-order valence-electron chi connectivity index (χ2n) is 6.20. The molecule has 5 nitrogen and oxygen atoms in total. The van der Waals surface area contributed by atoms with Crippen molar-refractivity contribution >= 4 is 10.9 Å². The van der Waals surface area contributed by atoms with E-state index in [0.29, 0.717) is 12.1 Å². The maximum Gasteiger partial charge on any atom is 0.144 e. The summed E-state index contributed by atoms with van der Waals surface area (Å²) in [6.07, 6.45) is 4.00. The van der Waals surface area contributed by atoms with Crippen molar-refractivity contribution in [1.29, 1.82) is 0 Å². The summed E-state index contributed by atoms with van der Waals surface area (Å²) < 4.78 is 15.3. The molecule has 1 unspecified atom stereocenters. The summed E-state index contributed by atoms with van der Waals surface area (Å²) in [6.45, 7) is 1.65. The first-order valence-electron chi connectivity index (χ1n) is 8.39. The Kier molecular flexibility index (Phi) is 4.18. The van der Waals surface area contributed by atoms with Crippen LogP contribution in [0.2, 0.25) is 0 Å². The molecule has 130 valence electrons. The first-order chi connectivity index (χ1) is 12.6. The molecule has 3 heterocycles. The molecular weight excluding hydrogens is 329 g/mol. The summed E-state index contributed by atoms with van der Waals surface area (Å²) in [4.78, 5) is 8.77. The van der Waals surface area contributed by atoms with Crippen molar-refractivity contribution in [2.75, 3.05) is 0 Å². The van der Waals surface area contributed by atoms with Gasteiger partial charge in [-0.15, -0.1) is 0 Å². The summed E-state index contributed by atoms with van der Waals surface area (Å²) in [7, 11) is 0. The van der Waals surface area contributed by atoms with Crippen LogP contribution in [0.4, 0.5) is 4.39 Å². The van der Waals surface area contributed by atoms with Crippen LogP contribution >= 0.6 is 0 Å². The van der Waals surface area contributed by atoms with Crippen LogP contribution in [0.1, 0.15) is 23.1 Å². The summed E-state index contributed by atoms with van der Waals surface area (Å²) in [6, 6.07) is 14.5. The molecule has 4 rings (SSSR count). The van der Waals surface area contributed by atoms with Gasteiger partial charge in [0, 0.05) is 23.7 Å². The molecule has 0 aliphatic carbocycles. The SMILES string of the molecule is Cc1nc(CC(N)c2ncccc2-n2ncc3ccccc32)ccc1F. The molecular formula is C20H18FN5. The van der Waals surface area contributed by atoms with Gasteiger partial charge in [-0.05, 0) is 37.3 Å². The highest BCUT2D eigenvalue weighted by Gasteiger charge is 2.17. The van der Waals surface area contributed by atoms with E-state index in [1.54, 1.807) is 19.2 Å². The van der Waals surface area contributed by atoms with Crippen LogP contribution in [0.5, 0.6) is 0 Å². The third kappa shape index (κ3) is 2.95. The summed E-state index contributed by atoms with van der Waals surface area (Å²) in [5.41, 5.74) is 10.1. The van der Waals surface area contributed by atoms with Gasteiger partial charge >= 0.3 is 0 Å². The van der Waals surface area contributed by atoms with Gasteiger partial charge in [0.25, 0.3) is 0 Å². The zero-order valence-corrected chi connectivity index (χ0v) is 14.3. The van der Waals surface area contributed by atoms with Crippen molar-refractivity contribution in [3.8, 4) is 5.69 Å². The molecule has 3 aromatic heterocycles. The maximum atomic E-state index is 13.4. The van der Waals surface area contributed by atoms with E-state index < -0.39 is 0 Å². The highest BCUT2D eigenvalue weighted by atomic mass is 19.1. The number of aryl methyl sites for hydroxylation is 1. The molecule has 6 heteroatoms. The molecule has 0 saturated heterocycles. The largest absolute Gasteiger partial charge is 0.322 e. The molecule has 0 spiro atoms. The monoisotopic (exact) mass is 347 g/mol. The molecule has 26 heavy (non-hydrogen) atoms. The van der Waals surface area contributed by atoms with Gasteiger partial charge < -0.3 is 5.73 Å². The predicted octanol–water partition coefficient (Wildman–Crippen LogP) is 3.51.